The molecule has 0 saturated heterocycles. The summed E-state index contributed by atoms with van der Waals surface area (Å²) >= 11 is 0. The Kier molecular flexibility index (Phi) is 4.80. The van der Waals surface area contributed by atoms with Crippen LogP contribution in [0.3, 0.4) is 0 Å². The summed E-state index contributed by atoms with van der Waals surface area (Å²) in [5, 5.41) is 23.6. The van der Waals surface area contributed by atoms with Gasteiger partial charge >= 0.3 is 6.03 Å². The Balaban J connectivity index is 1.62. The molecular weight excluding hydrogens is 306 g/mol. The minimum atomic E-state index is -0.481. The second-order valence-corrected chi connectivity index (χ2v) is 6.39. The van der Waals surface area contributed by atoms with Crippen molar-refractivity contribution in [2.24, 2.45) is 0 Å². The summed E-state index contributed by atoms with van der Waals surface area (Å²) < 4.78 is 1.68. The van der Waals surface area contributed by atoms with Gasteiger partial charge in [0.2, 0.25) is 0 Å². The number of aliphatic hydroxyl groups excluding tert-OH is 1. The lowest BCUT2D eigenvalue weighted by Crippen LogP contribution is -2.53. The minimum absolute atomic E-state index is 0.0288. The first-order valence-electron chi connectivity index (χ1n) is 8.29. The number of carbonyl (C=O) groups is 1. The summed E-state index contributed by atoms with van der Waals surface area (Å²) in [5.41, 5.74) is 1.11. The predicted molar refractivity (Wildman–Crippen MR) is 89.7 cm³/mol. The Hall–Kier alpha value is -2.41. The fraction of sp³-hybridized carbons (Fsp3) is 0.471. The minimum Gasteiger partial charge on any atom is -0.394 e. The van der Waals surface area contributed by atoms with Crippen LogP contribution < -0.4 is 10.6 Å². The second kappa shape index (κ2) is 7.00. The van der Waals surface area contributed by atoms with Gasteiger partial charge in [-0.1, -0.05) is 36.3 Å². The zero-order valence-corrected chi connectivity index (χ0v) is 13.8. The number of aliphatic hydroxyl groups is 1. The van der Waals surface area contributed by atoms with E-state index in [0.717, 1.165) is 31.4 Å². The van der Waals surface area contributed by atoms with Crippen LogP contribution in [-0.2, 0) is 0 Å². The smallest absolute Gasteiger partial charge is 0.315 e. The van der Waals surface area contributed by atoms with E-state index < -0.39 is 5.54 Å². The number of para-hydroxylation sites is 1. The van der Waals surface area contributed by atoms with E-state index in [1.54, 1.807) is 10.9 Å². The van der Waals surface area contributed by atoms with Crippen LogP contribution in [-0.4, -0.2) is 38.3 Å². The predicted octanol–water partition coefficient (Wildman–Crippen LogP) is 1.93. The van der Waals surface area contributed by atoms with E-state index >= 15 is 0 Å². The lowest BCUT2D eigenvalue weighted by molar-refractivity contribution is 0.162. The maximum absolute atomic E-state index is 12.2. The van der Waals surface area contributed by atoms with E-state index in [1.807, 2.05) is 37.3 Å². The summed E-state index contributed by atoms with van der Waals surface area (Å²) in [6.07, 6.45) is 5.49. The van der Waals surface area contributed by atoms with Crippen molar-refractivity contribution in [3.8, 4) is 5.69 Å². The number of nitrogens with zero attached hydrogens (tertiary/aromatic N) is 3. The van der Waals surface area contributed by atoms with Crippen molar-refractivity contribution >= 4 is 6.03 Å². The van der Waals surface area contributed by atoms with Crippen molar-refractivity contribution in [3.05, 3.63) is 42.2 Å². The van der Waals surface area contributed by atoms with Crippen LogP contribution in [0.5, 0.6) is 0 Å². The average molecular weight is 329 g/mol. The molecule has 1 aliphatic carbocycles. The number of hydrogen-bond donors (Lipinski definition) is 3. The monoisotopic (exact) mass is 329 g/mol. The number of urea groups is 1. The Morgan fingerprint density at radius 1 is 1.33 bits per heavy atom. The first-order chi connectivity index (χ1) is 11.6. The van der Waals surface area contributed by atoms with Gasteiger partial charge in [0.1, 0.15) is 5.69 Å². The fourth-order valence-electron chi connectivity index (χ4n) is 3.10. The van der Waals surface area contributed by atoms with Crippen molar-refractivity contribution in [1.82, 2.24) is 25.6 Å². The van der Waals surface area contributed by atoms with Gasteiger partial charge in [-0.15, -0.1) is 5.10 Å². The molecule has 2 aromatic rings. The van der Waals surface area contributed by atoms with Gasteiger partial charge in [0.25, 0.3) is 0 Å². The van der Waals surface area contributed by atoms with E-state index in [4.69, 9.17) is 0 Å². The standard InChI is InChI=1S/C17H23N5O2/c1-13(18-16(24)19-17(12-23)9-5-6-10-17)15-11-22(21-20-15)14-7-3-2-4-8-14/h2-4,7-8,11,13,23H,5-6,9-10,12H2,1H3,(H2,18,19,24). The number of amides is 2. The molecule has 1 fully saturated rings. The highest BCUT2D eigenvalue weighted by molar-refractivity contribution is 5.75. The molecule has 128 valence electrons. The third-order valence-electron chi connectivity index (χ3n) is 4.57. The largest absolute Gasteiger partial charge is 0.394 e. The molecule has 1 aliphatic rings. The van der Waals surface area contributed by atoms with Gasteiger partial charge in [-0.25, -0.2) is 9.48 Å². The summed E-state index contributed by atoms with van der Waals surface area (Å²) in [4.78, 5) is 12.2. The number of nitrogens with one attached hydrogen (secondary N) is 2. The Bertz CT molecular complexity index is 679. The molecule has 1 atom stereocenters. The Labute approximate surface area is 141 Å². The molecule has 0 bridgehead atoms. The van der Waals surface area contributed by atoms with Gasteiger partial charge in [-0.05, 0) is 31.9 Å². The third kappa shape index (κ3) is 3.56. The van der Waals surface area contributed by atoms with Crippen molar-refractivity contribution < 1.29 is 9.90 Å². The maximum atomic E-state index is 12.2. The SMILES string of the molecule is CC(NC(=O)NC1(CO)CCCC1)c1cn(-c2ccccc2)nn1. The van der Waals surface area contributed by atoms with Crippen molar-refractivity contribution in [3.63, 3.8) is 0 Å². The summed E-state index contributed by atoms with van der Waals surface area (Å²) in [6.45, 7) is 1.83. The quantitative estimate of drug-likeness (QED) is 0.781. The molecule has 1 heterocycles. The van der Waals surface area contributed by atoms with Crippen LogP contribution in [0, 0.1) is 0 Å². The van der Waals surface area contributed by atoms with Gasteiger partial charge in [-0.3, -0.25) is 0 Å². The zero-order chi connectivity index (χ0) is 17.0. The molecule has 1 aromatic heterocycles. The van der Waals surface area contributed by atoms with Gasteiger partial charge < -0.3 is 15.7 Å². The summed E-state index contributed by atoms with van der Waals surface area (Å²) in [5.74, 6) is 0. The molecule has 7 heteroatoms. The van der Waals surface area contributed by atoms with E-state index in [1.165, 1.54) is 0 Å². The molecule has 3 rings (SSSR count). The number of benzene rings is 1. The molecule has 1 saturated carbocycles. The molecule has 1 unspecified atom stereocenters. The lowest BCUT2D eigenvalue weighted by Gasteiger charge is -2.28. The number of hydrogen-bond acceptors (Lipinski definition) is 4. The number of carbonyl (C=O) groups excluding carboxylic acids is 1. The number of aromatic nitrogens is 3. The Morgan fingerprint density at radius 2 is 2.04 bits per heavy atom. The summed E-state index contributed by atoms with van der Waals surface area (Å²) in [6, 6.07) is 9.12. The topological polar surface area (TPSA) is 92.1 Å². The normalized spacial score (nSPS) is 17.4. The first-order valence-corrected chi connectivity index (χ1v) is 8.29. The van der Waals surface area contributed by atoms with Crippen LogP contribution in [0.1, 0.15) is 44.3 Å². The highest BCUT2D eigenvalue weighted by atomic mass is 16.3. The Morgan fingerprint density at radius 3 is 2.71 bits per heavy atom. The van der Waals surface area contributed by atoms with Crippen LogP contribution in [0.25, 0.3) is 5.69 Å². The first kappa shape index (κ1) is 16.4. The second-order valence-electron chi connectivity index (χ2n) is 6.39. The lowest BCUT2D eigenvalue weighted by atomic mass is 9.99. The van der Waals surface area contributed by atoms with Crippen LogP contribution in [0.4, 0.5) is 4.79 Å². The zero-order valence-electron chi connectivity index (χ0n) is 13.8. The molecule has 3 N–H and O–H groups in total. The van der Waals surface area contributed by atoms with E-state index in [0.29, 0.717) is 5.69 Å². The average Bonchev–Trinajstić information content (AvgIpc) is 3.25. The molecule has 2 amide bonds. The van der Waals surface area contributed by atoms with Gasteiger partial charge in [-0.2, -0.15) is 0 Å². The van der Waals surface area contributed by atoms with Gasteiger partial charge in [0, 0.05) is 0 Å². The van der Waals surface area contributed by atoms with E-state index in [-0.39, 0.29) is 18.7 Å². The molecule has 0 aliphatic heterocycles. The van der Waals surface area contributed by atoms with Crippen LogP contribution in [0.15, 0.2) is 36.5 Å². The van der Waals surface area contributed by atoms with Gasteiger partial charge in [0.15, 0.2) is 0 Å². The van der Waals surface area contributed by atoms with E-state index in [9.17, 15) is 9.90 Å². The molecule has 24 heavy (non-hydrogen) atoms. The fourth-order valence-corrected chi connectivity index (χ4v) is 3.10. The molecule has 0 radical (unpaired) electrons. The summed E-state index contributed by atoms with van der Waals surface area (Å²) in [7, 11) is 0. The number of rotatable bonds is 5. The maximum Gasteiger partial charge on any atom is 0.315 e. The van der Waals surface area contributed by atoms with Crippen LogP contribution in [0.2, 0.25) is 0 Å². The molecular formula is C17H23N5O2. The highest BCUT2D eigenvalue weighted by Gasteiger charge is 2.34. The van der Waals surface area contributed by atoms with E-state index in [2.05, 4.69) is 20.9 Å². The molecule has 1 aromatic carbocycles. The third-order valence-corrected chi connectivity index (χ3v) is 4.57. The molecule has 0 spiro atoms. The molecule has 7 nitrogen and oxygen atoms in total. The van der Waals surface area contributed by atoms with Crippen molar-refractivity contribution in [2.45, 2.75) is 44.2 Å². The van der Waals surface area contributed by atoms with Crippen LogP contribution >= 0.6 is 0 Å². The van der Waals surface area contributed by atoms with Crippen molar-refractivity contribution in [1.29, 1.82) is 0 Å². The van der Waals surface area contributed by atoms with Crippen molar-refractivity contribution in [2.75, 3.05) is 6.61 Å². The van der Waals surface area contributed by atoms with Gasteiger partial charge in [0.05, 0.1) is 30.1 Å². The highest BCUT2D eigenvalue weighted by Crippen LogP contribution is 2.29.